The van der Waals surface area contributed by atoms with E-state index in [4.69, 9.17) is 30.5 Å². The summed E-state index contributed by atoms with van der Waals surface area (Å²) in [7, 11) is 6.38. The highest BCUT2D eigenvalue weighted by atomic mass is 35.5. The monoisotopic (exact) mass is 421 g/mol. The van der Waals surface area contributed by atoms with E-state index >= 15 is 0 Å². The van der Waals surface area contributed by atoms with Crippen molar-refractivity contribution in [3.05, 3.63) is 47.0 Å². The van der Waals surface area contributed by atoms with Crippen LogP contribution in [0.2, 0.25) is 0 Å². The van der Waals surface area contributed by atoms with Crippen molar-refractivity contribution in [2.45, 2.75) is 25.8 Å². The molecule has 0 aliphatic carbocycles. The minimum atomic E-state index is -0.274. The number of halogens is 1. The number of hydrogen-bond donors (Lipinski definition) is 1. The van der Waals surface area contributed by atoms with Gasteiger partial charge in [0.15, 0.2) is 23.0 Å². The molecule has 0 saturated heterocycles. The summed E-state index contributed by atoms with van der Waals surface area (Å²) in [4.78, 5) is 12.0. The smallest absolute Gasteiger partial charge is 0.217 e. The molecule has 29 heavy (non-hydrogen) atoms. The first-order chi connectivity index (χ1) is 14.0. The van der Waals surface area contributed by atoms with Crippen LogP contribution in [0.5, 0.6) is 23.0 Å². The van der Waals surface area contributed by atoms with Crippen LogP contribution in [0.1, 0.15) is 29.7 Å². The van der Waals surface area contributed by atoms with Gasteiger partial charge in [-0.1, -0.05) is 6.07 Å². The van der Waals surface area contributed by atoms with Crippen LogP contribution in [0.15, 0.2) is 30.3 Å². The van der Waals surface area contributed by atoms with Crippen molar-refractivity contribution in [3.63, 3.8) is 0 Å². The molecule has 2 aromatic rings. The molecule has 0 saturated carbocycles. The third-order valence-electron chi connectivity index (χ3n) is 4.65. The highest BCUT2D eigenvalue weighted by Gasteiger charge is 2.21. The number of carbonyl (C=O) groups excluding carboxylic acids is 1. The fraction of sp³-hybridized carbons (Fsp3) is 0.409. The van der Waals surface area contributed by atoms with E-state index in [0.29, 0.717) is 41.7 Å². The van der Waals surface area contributed by atoms with Crippen LogP contribution < -0.4 is 24.3 Å². The van der Waals surface area contributed by atoms with Gasteiger partial charge in [-0.25, -0.2) is 0 Å². The summed E-state index contributed by atoms with van der Waals surface area (Å²) < 4.78 is 21.6. The zero-order valence-electron chi connectivity index (χ0n) is 17.5. The van der Waals surface area contributed by atoms with Gasteiger partial charge in [0.25, 0.3) is 0 Å². The van der Waals surface area contributed by atoms with E-state index < -0.39 is 0 Å². The lowest BCUT2D eigenvalue weighted by atomic mass is 9.92. The number of hydrogen-bond acceptors (Lipinski definition) is 5. The standard InChI is InChI=1S/C22H28ClNO5/c1-14(25)24-18(10-15-6-7-19(26-2)20(11-15)27-3)17-13-22(29-5)21(28-4)12-16(17)8-9-23/h6-7,11-13,18H,8-10H2,1-5H3,(H,24,25). The zero-order chi connectivity index (χ0) is 21.4. The summed E-state index contributed by atoms with van der Waals surface area (Å²) in [5.74, 6) is 2.85. The molecular weight excluding hydrogens is 394 g/mol. The Morgan fingerprint density at radius 1 is 0.931 bits per heavy atom. The lowest BCUT2D eigenvalue weighted by Crippen LogP contribution is -2.28. The second kappa shape index (κ2) is 10.8. The molecule has 0 aliphatic rings. The van der Waals surface area contributed by atoms with Crippen LogP contribution in [0.3, 0.4) is 0 Å². The van der Waals surface area contributed by atoms with Crippen LogP contribution in [0.25, 0.3) is 0 Å². The normalized spacial score (nSPS) is 11.5. The number of rotatable bonds is 10. The molecular formula is C22H28ClNO5. The first kappa shape index (κ1) is 22.7. The molecule has 0 radical (unpaired) electrons. The summed E-state index contributed by atoms with van der Waals surface area (Å²) in [6.07, 6.45) is 1.20. The lowest BCUT2D eigenvalue weighted by Gasteiger charge is -2.23. The third kappa shape index (κ3) is 5.70. The number of aryl methyl sites for hydroxylation is 1. The molecule has 2 rings (SSSR count). The fourth-order valence-corrected chi connectivity index (χ4v) is 3.51. The third-order valence-corrected chi connectivity index (χ3v) is 4.84. The molecule has 1 N–H and O–H groups in total. The van der Waals surface area contributed by atoms with Gasteiger partial charge in [0.2, 0.25) is 5.91 Å². The van der Waals surface area contributed by atoms with Gasteiger partial charge >= 0.3 is 0 Å². The van der Waals surface area contributed by atoms with Gasteiger partial charge in [-0.15, -0.1) is 11.6 Å². The SMILES string of the molecule is COc1ccc(CC(NC(C)=O)c2cc(OC)c(OC)cc2CCCl)cc1OC. The zero-order valence-corrected chi connectivity index (χ0v) is 18.3. The van der Waals surface area contributed by atoms with Gasteiger partial charge in [0.05, 0.1) is 34.5 Å². The van der Waals surface area contributed by atoms with Crippen molar-refractivity contribution in [3.8, 4) is 23.0 Å². The molecule has 1 unspecified atom stereocenters. The largest absolute Gasteiger partial charge is 0.493 e. The number of methoxy groups -OCH3 is 4. The number of carbonyl (C=O) groups is 1. The van der Waals surface area contributed by atoms with E-state index in [-0.39, 0.29) is 11.9 Å². The number of nitrogens with one attached hydrogen (secondary N) is 1. The van der Waals surface area contributed by atoms with Crippen molar-refractivity contribution in [1.82, 2.24) is 5.32 Å². The van der Waals surface area contributed by atoms with Crippen LogP contribution >= 0.6 is 11.6 Å². The van der Waals surface area contributed by atoms with Gasteiger partial charge in [0, 0.05) is 12.8 Å². The van der Waals surface area contributed by atoms with Crippen LogP contribution in [0.4, 0.5) is 0 Å². The Bertz CT molecular complexity index is 840. The van der Waals surface area contributed by atoms with E-state index in [1.807, 2.05) is 30.3 Å². The maximum atomic E-state index is 12.0. The summed E-state index contributed by atoms with van der Waals surface area (Å²) in [5, 5.41) is 3.05. The highest BCUT2D eigenvalue weighted by molar-refractivity contribution is 6.18. The highest BCUT2D eigenvalue weighted by Crippen LogP contribution is 2.36. The number of amides is 1. The molecule has 0 aromatic heterocycles. The Balaban J connectivity index is 2.50. The Kier molecular flexibility index (Phi) is 8.46. The van der Waals surface area contributed by atoms with E-state index in [0.717, 1.165) is 16.7 Å². The van der Waals surface area contributed by atoms with Crippen molar-refractivity contribution >= 4 is 17.5 Å². The Morgan fingerprint density at radius 2 is 1.52 bits per heavy atom. The topological polar surface area (TPSA) is 66.0 Å². The van der Waals surface area contributed by atoms with Gasteiger partial charge in [0.1, 0.15) is 0 Å². The molecule has 0 aliphatic heterocycles. The molecule has 0 heterocycles. The molecule has 158 valence electrons. The molecule has 2 aromatic carbocycles. The van der Waals surface area contributed by atoms with E-state index in [2.05, 4.69) is 5.32 Å². The van der Waals surface area contributed by atoms with Gasteiger partial charge in [-0.05, 0) is 53.8 Å². The summed E-state index contributed by atoms with van der Waals surface area (Å²) >= 11 is 6.03. The summed E-state index contributed by atoms with van der Waals surface area (Å²) in [6, 6.07) is 9.27. The Morgan fingerprint density at radius 3 is 2.07 bits per heavy atom. The van der Waals surface area contributed by atoms with Crippen molar-refractivity contribution < 1.29 is 23.7 Å². The van der Waals surface area contributed by atoms with Crippen molar-refractivity contribution in [2.75, 3.05) is 34.3 Å². The van der Waals surface area contributed by atoms with Gasteiger partial charge in [-0.2, -0.15) is 0 Å². The predicted molar refractivity (Wildman–Crippen MR) is 114 cm³/mol. The average Bonchev–Trinajstić information content (AvgIpc) is 2.72. The molecule has 0 bridgehead atoms. The Hall–Kier alpha value is -2.60. The maximum absolute atomic E-state index is 12.0. The Labute approximate surface area is 177 Å². The van der Waals surface area contributed by atoms with E-state index in [1.165, 1.54) is 6.92 Å². The molecule has 1 amide bonds. The van der Waals surface area contributed by atoms with Crippen LogP contribution in [-0.2, 0) is 17.6 Å². The first-order valence-corrected chi connectivity index (χ1v) is 9.79. The molecule has 6 nitrogen and oxygen atoms in total. The van der Waals surface area contributed by atoms with Gasteiger partial charge < -0.3 is 24.3 Å². The summed E-state index contributed by atoms with van der Waals surface area (Å²) in [5.41, 5.74) is 2.93. The molecule has 1 atom stereocenters. The van der Waals surface area contributed by atoms with Gasteiger partial charge in [-0.3, -0.25) is 4.79 Å². The van der Waals surface area contributed by atoms with E-state index in [1.54, 1.807) is 28.4 Å². The minimum Gasteiger partial charge on any atom is -0.493 e. The van der Waals surface area contributed by atoms with Crippen molar-refractivity contribution in [1.29, 1.82) is 0 Å². The molecule has 0 spiro atoms. The first-order valence-electron chi connectivity index (χ1n) is 9.26. The summed E-state index contributed by atoms with van der Waals surface area (Å²) in [6.45, 7) is 1.50. The van der Waals surface area contributed by atoms with E-state index in [9.17, 15) is 4.79 Å². The second-order valence-electron chi connectivity index (χ2n) is 6.49. The number of alkyl halides is 1. The average molecular weight is 422 g/mol. The quantitative estimate of drug-likeness (QED) is 0.589. The predicted octanol–water partition coefficient (Wildman–Crippen LogP) is 3.92. The molecule has 7 heteroatoms. The van der Waals surface area contributed by atoms with Crippen LogP contribution in [-0.4, -0.2) is 40.2 Å². The second-order valence-corrected chi connectivity index (χ2v) is 6.87. The minimum absolute atomic E-state index is 0.123. The maximum Gasteiger partial charge on any atom is 0.217 e. The fourth-order valence-electron chi connectivity index (χ4n) is 3.31. The molecule has 0 fully saturated rings. The van der Waals surface area contributed by atoms with Crippen LogP contribution in [0, 0.1) is 0 Å². The lowest BCUT2D eigenvalue weighted by molar-refractivity contribution is -0.119. The number of ether oxygens (including phenoxy) is 4. The number of benzene rings is 2. The van der Waals surface area contributed by atoms with Crippen molar-refractivity contribution in [2.24, 2.45) is 0 Å².